The zero-order valence-electron chi connectivity index (χ0n) is 11.5. The van der Waals surface area contributed by atoms with Crippen LogP contribution >= 0.6 is 27.5 Å². The van der Waals surface area contributed by atoms with Crippen molar-refractivity contribution in [3.8, 4) is 11.8 Å². The number of phenolic OH excluding ortho intramolecular Hbond substituents is 1. The molecule has 4 nitrogen and oxygen atoms in total. The monoisotopic (exact) mass is 394 g/mol. The second-order valence-corrected chi connectivity index (χ2v) is 5.75. The minimum atomic E-state index is -0.798. The van der Waals surface area contributed by atoms with Crippen LogP contribution in [0.3, 0.4) is 0 Å². The van der Waals surface area contributed by atoms with E-state index in [2.05, 4.69) is 21.2 Å². The van der Waals surface area contributed by atoms with E-state index in [0.717, 1.165) is 0 Å². The van der Waals surface area contributed by atoms with E-state index in [4.69, 9.17) is 16.9 Å². The Labute approximate surface area is 144 Å². The first kappa shape index (κ1) is 17.0. The van der Waals surface area contributed by atoms with Crippen molar-refractivity contribution in [1.29, 1.82) is 5.26 Å². The van der Waals surface area contributed by atoms with Crippen LogP contribution in [0.25, 0.3) is 6.08 Å². The molecule has 0 aliphatic rings. The Morgan fingerprint density at radius 2 is 2.09 bits per heavy atom. The number of hydrogen-bond acceptors (Lipinski definition) is 3. The normalized spacial score (nSPS) is 11.0. The summed E-state index contributed by atoms with van der Waals surface area (Å²) in [7, 11) is 0. The van der Waals surface area contributed by atoms with Crippen molar-refractivity contribution in [2.75, 3.05) is 5.32 Å². The van der Waals surface area contributed by atoms with E-state index >= 15 is 0 Å². The molecule has 1 amide bonds. The number of carbonyl (C=O) groups is 1. The lowest BCUT2D eigenvalue weighted by atomic mass is 10.1. The molecule has 7 heteroatoms. The summed E-state index contributed by atoms with van der Waals surface area (Å²) < 4.78 is 14.1. The van der Waals surface area contributed by atoms with Crippen molar-refractivity contribution in [3.63, 3.8) is 0 Å². The molecule has 0 aliphatic heterocycles. The highest BCUT2D eigenvalue weighted by atomic mass is 79.9. The first-order valence-corrected chi connectivity index (χ1v) is 7.45. The summed E-state index contributed by atoms with van der Waals surface area (Å²) in [6, 6.07) is 10.3. The number of aromatic hydroxyl groups is 1. The van der Waals surface area contributed by atoms with Gasteiger partial charge in [0, 0.05) is 10.0 Å². The molecule has 0 spiro atoms. The first-order chi connectivity index (χ1) is 10.9. The van der Waals surface area contributed by atoms with Gasteiger partial charge in [0.1, 0.15) is 23.2 Å². The Hall–Kier alpha value is -2.36. The van der Waals surface area contributed by atoms with Crippen molar-refractivity contribution < 1.29 is 14.3 Å². The number of hydrogen-bond donors (Lipinski definition) is 2. The Balaban J connectivity index is 2.35. The molecule has 0 unspecified atom stereocenters. The number of carbonyl (C=O) groups excluding carboxylic acids is 1. The van der Waals surface area contributed by atoms with E-state index in [1.807, 2.05) is 0 Å². The molecule has 0 saturated heterocycles. The molecule has 0 fully saturated rings. The summed E-state index contributed by atoms with van der Waals surface area (Å²) in [5.74, 6) is -1.68. The Kier molecular flexibility index (Phi) is 5.37. The van der Waals surface area contributed by atoms with E-state index < -0.39 is 11.7 Å². The summed E-state index contributed by atoms with van der Waals surface area (Å²) in [5.41, 5.74) is -0.169. The van der Waals surface area contributed by atoms with Crippen LogP contribution in [0.4, 0.5) is 10.1 Å². The summed E-state index contributed by atoms with van der Waals surface area (Å²) in [5, 5.41) is 21.4. The van der Waals surface area contributed by atoms with Gasteiger partial charge in [-0.3, -0.25) is 4.79 Å². The third-order valence-corrected chi connectivity index (χ3v) is 3.59. The second kappa shape index (κ2) is 7.27. The minimum Gasteiger partial charge on any atom is -0.506 e. The molecular formula is C16H9BrClFN2O2. The van der Waals surface area contributed by atoms with Crippen LogP contribution < -0.4 is 5.32 Å². The Morgan fingerprint density at radius 1 is 1.39 bits per heavy atom. The van der Waals surface area contributed by atoms with Gasteiger partial charge in [0.25, 0.3) is 5.91 Å². The number of halogens is 3. The summed E-state index contributed by atoms with van der Waals surface area (Å²) in [6.07, 6.45) is 1.17. The lowest BCUT2D eigenvalue weighted by Crippen LogP contribution is -2.14. The van der Waals surface area contributed by atoms with E-state index in [1.165, 1.54) is 36.4 Å². The Bertz CT molecular complexity index is 846. The average molecular weight is 396 g/mol. The van der Waals surface area contributed by atoms with E-state index in [0.29, 0.717) is 4.47 Å². The van der Waals surface area contributed by atoms with E-state index in [-0.39, 0.29) is 27.6 Å². The molecule has 0 aliphatic carbocycles. The fourth-order valence-electron chi connectivity index (χ4n) is 1.75. The van der Waals surface area contributed by atoms with Gasteiger partial charge in [-0.1, -0.05) is 39.7 Å². The molecule has 0 heterocycles. The standard InChI is InChI=1S/C16H9BrClFN2O2/c17-11-6-9(15(22)12(18)7-11)5-10(8-20)16(23)21-14-4-2-1-3-13(14)19/h1-7,22H,(H,21,23)/b10-5+. The van der Waals surface area contributed by atoms with Gasteiger partial charge in [0.2, 0.25) is 0 Å². The van der Waals surface area contributed by atoms with Gasteiger partial charge in [-0.2, -0.15) is 5.26 Å². The topological polar surface area (TPSA) is 73.1 Å². The van der Waals surface area contributed by atoms with Gasteiger partial charge in [0.15, 0.2) is 0 Å². The number of phenols is 1. The van der Waals surface area contributed by atoms with Gasteiger partial charge in [-0.25, -0.2) is 4.39 Å². The number of benzene rings is 2. The quantitative estimate of drug-likeness (QED) is 0.594. The molecule has 0 aromatic heterocycles. The summed E-state index contributed by atoms with van der Waals surface area (Å²) in [6.45, 7) is 0. The number of nitriles is 1. The molecule has 23 heavy (non-hydrogen) atoms. The summed E-state index contributed by atoms with van der Waals surface area (Å²) in [4.78, 5) is 12.1. The first-order valence-electron chi connectivity index (χ1n) is 6.28. The molecule has 0 saturated carbocycles. The van der Waals surface area contributed by atoms with Crippen molar-refractivity contribution in [2.24, 2.45) is 0 Å². The van der Waals surface area contributed by atoms with Crippen LogP contribution in [0, 0.1) is 17.1 Å². The number of rotatable bonds is 3. The van der Waals surface area contributed by atoms with Gasteiger partial charge >= 0.3 is 0 Å². The number of para-hydroxylation sites is 1. The lowest BCUT2D eigenvalue weighted by molar-refractivity contribution is -0.112. The molecule has 116 valence electrons. The fourth-order valence-corrected chi connectivity index (χ4v) is 2.59. The number of amides is 1. The number of nitrogens with one attached hydrogen (secondary N) is 1. The van der Waals surface area contributed by atoms with Gasteiger partial charge in [-0.05, 0) is 30.3 Å². The van der Waals surface area contributed by atoms with Crippen LogP contribution in [0.2, 0.25) is 5.02 Å². The van der Waals surface area contributed by atoms with Gasteiger partial charge < -0.3 is 10.4 Å². The molecule has 0 atom stereocenters. The molecule has 0 bridgehead atoms. The molecular weight excluding hydrogens is 387 g/mol. The maximum atomic E-state index is 13.5. The predicted molar refractivity (Wildman–Crippen MR) is 89.4 cm³/mol. The van der Waals surface area contributed by atoms with Crippen molar-refractivity contribution in [1.82, 2.24) is 0 Å². The van der Waals surface area contributed by atoms with E-state index in [9.17, 15) is 14.3 Å². The largest absolute Gasteiger partial charge is 0.506 e. The summed E-state index contributed by atoms with van der Waals surface area (Å²) >= 11 is 9.04. The van der Waals surface area contributed by atoms with Crippen LogP contribution in [0.15, 0.2) is 46.4 Å². The molecule has 2 rings (SSSR count). The highest BCUT2D eigenvalue weighted by Gasteiger charge is 2.14. The smallest absolute Gasteiger partial charge is 0.266 e. The highest BCUT2D eigenvalue weighted by molar-refractivity contribution is 9.10. The second-order valence-electron chi connectivity index (χ2n) is 4.43. The SMILES string of the molecule is N#C/C(=C\c1cc(Br)cc(Cl)c1O)C(=O)Nc1ccccc1F. The number of nitrogens with zero attached hydrogens (tertiary/aromatic N) is 1. The third-order valence-electron chi connectivity index (χ3n) is 2.84. The molecule has 2 aromatic carbocycles. The molecule has 0 radical (unpaired) electrons. The van der Waals surface area contributed by atoms with Crippen molar-refractivity contribution >= 4 is 45.2 Å². The van der Waals surface area contributed by atoms with Crippen molar-refractivity contribution in [3.05, 3.63) is 62.8 Å². The fraction of sp³-hybridized carbons (Fsp3) is 0. The van der Waals surface area contributed by atoms with Crippen LogP contribution in [0.1, 0.15) is 5.56 Å². The zero-order chi connectivity index (χ0) is 17.0. The minimum absolute atomic E-state index is 0.0462. The average Bonchev–Trinajstić information content (AvgIpc) is 2.51. The lowest BCUT2D eigenvalue weighted by Gasteiger charge is -2.06. The van der Waals surface area contributed by atoms with Crippen LogP contribution in [0.5, 0.6) is 5.75 Å². The molecule has 2 N–H and O–H groups in total. The number of anilines is 1. The Morgan fingerprint density at radius 3 is 2.74 bits per heavy atom. The van der Waals surface area contributed by atoms with E-state index in [1.54, 1.807) is 12.1 Å². The van der Waals surface area contributed by atoms with Crippen LogP contribution in [-0.2, 0) is 4.79 Å². The molecule has 2 aromatic rings. The highest BCUT2D eigenvalue weighted by Crippen LogP contribution is 2.32. The van der Waals surface area contributed by atoms with Crippen LogP contribution in [-0.4, -0.2) is 11.0 Å². The zero-order valence-corrected chi connectivity index (χ0v) is 13.8. The van der Waals surface area contributed by atoms with Crippen molar-refractivity contribution in [2.45, 2.75) is 0 Å². The maximum Gasteiger partial charge on any atom is 0.266 e. The van der Waals surface area contributed by atoms with Gasteiger partial charge in [0.05, 0.1) is 10.7 Å². The predicted octanol–water partition coefficient (Wildman–Crippen LogP) is 4.49. The van der Waals surface area contributed by atoms with Gasteiger partial charge in [-0.15, -0.1) is 0 Å². The third kappa shape index (κ3) is 4.09. The maximum absolute atomic E-state index is 13.5.